The van der Waals surface area contributed by atoms with Gasteiger partial charge in [-0.3, -0.25) is 4.79 Å². The van der Waals surface area contributed by atoms with E-state index in [0.29, 0.717) is 12.5 Å². The number of carbonyl (C=O) groups is 1. The first-order valence-corrected chi connectivity index (χ1v) is 6.78. The fourth-order valence-electron chi connectivity index (χ4n) is 2.48. The average Bonchev–Trinajstić information content (AvgIpc) is 3.12. The quantitative estimate of drug-likeness (QED) is 0.826. The molecule has 0 radical (unpaired) electrons. The predicted octanol–water partition coefficient (Wildman–Crippen LogP) is 1.42. The van der Waals surface area contributed by atoms with E-state index in [9.17, 15) is 4.79 Å². The van der Waals surface area contributed by atoms with E-state index in [1.807, 2.05) is 4.90 Å². The largest absolute Gasteiger partial charge is 0.371 e. The topological polar surface area (TPSA) is 55.6 Å². The number of piperidine rings is 1. The Morgan fingerprint density at radius 2 is 2.11 bits per heavy atom. The first kappa shape index (κ1) is 15.7. The number of ether oxygens (including phenoxy) is 1. The molecular formula is C13H25ClN2O2. The van der Waals surface area contributed by atoms with E-state index in [4.69, 9.17) is 10.5 Å². The number of hydrogen-bond acceptors (Lipinski definition) is 3. The van der Waals surface area contributed by atoms with Crippen LogP contribution >= 0.6 is 12.4 Å². The highest BCUT2D eigenvalue weighted by Crippen LogP contribution is 2.28. The van der Waals surface area contributed by atoms with Gasteiger partial charge < -0.3 is 15.4 Å². The van der Waals surface area contributed by atoms with Crippen LogP contribution in [-0.2, 0) is 9.53 Å². The van der Waals surface area contributed by atoms with Crippen molar-refractivity contribution in [2.45, 2.75) is 38.6 Å². The van der Waals surface area contributed by atoms with E-state index in [2.05, 4.69) is 6.92 Å². The molecule has 1 amide bonds. The van der Waals surface area contributed by atoms with Crippen molar-refractivity contribution >= 4 is 18.3 Å². The molecule has 18 heavy (non-hydrogen) atoms. The smallest absolute Gasteiger partial charge is 0.248 e. The molecule has 0 aromatic rings. The van der Waals surface area contributed by atoms with Gasteiger partial charge in [0.15, 0.2) is 0 Å². The molecule has 1 saturated carbocycles. The number of likely N-dealkylation sites (tertiary alicyclic amines) is 1. The van der Waals surface area contributed by atoms with Gasteiger partial charge in [0.2, 0.25) is 5.91 Å². The Morgan fingerprint density at radius 3 is 2.72 bits per heavy atom. The molecule has 2 rings (SSSR count). The summed E-state index contributed by atoms with van der Waals surface area (Å²) in [5.74, 6) is 1.52. The predicted molar refractivity (Wildman–Crippen MR) is 73.7 cm³/mol. The summed E-state index contributed by atoms with van der Waals surface area (Å²) in [6.07, 6.45) is 4.65. The van der Waals surface area contributed by atoms with Crippen LogP contribution in [0.15, 0.2) is 0 Å². The second-order valence-electron chi connectivity index (χ2n) is 5.56. The Bertz CT molecular complexity index is 272. The number of nitrogens with two attached hydrogens (primary N) is 1. The number of halogens is 1. The third kappa shape index (κ3) is 4.41. The fraction of sp³-hybridized carbons (Fsp3) is 0.923. The van der Waals surface area contributed by atoms with Crippen molar-refractivity contribution in [2.75, 3.05) is 26.3 Å². The molecule has 2 fully saturated rings. The van der Waals surface area contributed by atoms with E-state index in [1.54, 1.807) is 0 Å². The zero-order chi connectivity index (χ0) is 12.3. The van der Waals surface area contributed by atoms with Crippen LogP contribution in [0.3, 0.4) is 0 Å². The van der Waals surface area contributed by atoms with E-state index < -0.39 is 0 Å². The first-order chi connectivity index (χ1) is 8.20. The van der Waals surface area contributed by atoms with Crippen molar-refractivity contribution < 1.29 is 9.53 Å². The number of hydrogen-bond donors (Lipinski definition) is 1. The molecule has 1 aliphatic heterocycles. The summed E-state index contributed by atoms with van der Waals surface area (Å²) in [4.78, 5) is 13.9. The number of amides is 1. The van der Waals surface area contributed by atoms with Crippen LogP contribution in [0.4, 0.5) is 0 Å². The Kier molecular flexibility index (Phi) is 6.39. The summed E-state index contributed by atoms with van der Waals surface area (Å²) in [5, 5.41) is 0. The highest BCUT2D eigenvalue weighted by Gasteiger charge is 2.29. The van der Waals surface area contributed by atoms with Gasteiger partial charge in [-0.2, -0.15) is 0 Å². The van der Waals surface area contributed by atoms with Crippen LogP contribution in [0, 0.1) is 11.8 Å². The highest BCUT2D eigenvalue weighted by molar-refractivity contribution is 5.85. The number of rotatable bonds is 5. The van der Waals surface area contributed by atoms with Crippen molar-refractivity contribution in [3.8, 4) is 0 Å². The van der Waals surface area contributed by atoms with Crippen LogP contribution in [0.25, 0.3) is 0 Å². The third-order valence-electron chi connectivity index (χ3n) is 3.85. The molecule has 2 unspecified atom stereocenters. The molecule has 0 aromatic heterocycles. The zero-order valence-corrected chi connectivity index (χ0v) is 12.0. The molecule has 2 atom stereocenters. The van der Waals surface area contributed by atoms with Crippen LogP contribution in [-0.4, -0.2) is 43.2 Å². The monoisotopic (exact) mass is 276 g/mol. The van der Waals surface area contributed by atoms with Gasteiger partial charge in [-0.1, -0.05) is 6.92 Å². The molecule has 0 spiro atoms. The van der Waals surface area contributed by atoms with Gasteiger partial charge in [-0.15, -0.1) is 12.4 Å². The molecule has 0 bridgehead atoms. The Morgan fingerprint density at radius 1 is 1.39 bits per heavy atom. The fourth-order valence-corrected chi connectivity index (χ4v) is 2.48. The Balaban J connectivity index is 0.00000162. The lowest BCUT2D eigenvalue weighted by atomic mass is 9.92. The Hall–Kier alpha value is -0.320. The van der Waals surface area contributed by atoms with E-state index in [-0.39, 0.29) is 31.0 Å². The normalized spacial score (nSPS) is 27.8. The molecule has 4 nitrogen and oxygen atoms in total. The lowest BCUT2D eigenvalue weighted by Crippen LogP contribution is -2.50. The maximum absolute atomic E-state index is 12.0. The molecular weight excluding hydrogens is 252 g/mol. The molecule has 1 aliphatic carbocycles. The lowest BCUT2D eigenvalue weighted by molar-refractivity contribution is -0.140. The van der Waals surface area contributed by atoms with Crippen molar-refractivity contribution in [3.63, 3.8) is 0 Å². The van der Waals surface area contributed by atoms with Gasteiger partial charge in [0.05, 0.1) is 6.61 Å². The summed E-state index contributed by atoms with van der Waals surface area (Å²) in [5.41, 5.74) is 5.75. The van der Waals surface area contributed by atoms with Gasteiger partial charge in [0.1, 0.15) is 6.61 Å². The minimum absolute atomic E-state index is 0. The van der Waals surface area contributed by atoms with Crippen LogP contribution < -0.4 is 5.73 Å². The summed E-state index contributed by atoms with van der Waals surface area (Å²) >= 11 is 0. The van der Waals surface area contributed by atoms with Gasteiger partial charge in [0.25, 0.3) is 0 Å². The number of nitrogens with zero attached hydrogens (tertiary/aromatic N) is 1. The van der Waals surface area contributed by atoms with Crippen LogP contribution in [0.5, 0.6) is 0 Å². The third-order valence-corrected chi connectivity index (χ3v) is 3.85. The molecule has 106 valence electrons. The summed E-state index contributed by atoms with van der Waals surface area (Å²) in [6, 6.07) is 0.218. The van der Waals surface area contributed by atoms with Crippen molar-refractivity contribution in [2.24, 2.45) is 17.6 Å². The lowest BCUT2D eigenvalue weighted by Gasteiger charge is -2.37. The Labute approximate surface area is 116 Å². The van der Waals surface area contributed by atoms with E-state index >= 15 is 0 Å². The standard InChI is InChI=1S/C13H24N2O2.ClH/c1-10-4-5-15(12(6-10)7-14)13(16)9-17-8-11-2-3-11;/h10-12H,2-9,14H2,1H3;1H. The van der Waals surface area contributed by atoms with Gasteiger partial charge in [-0.25, -0.2) is 0 Å². The summed E-state index contributed by atoms with van der Waals surface area (Å²) < 4.78 is 5.46. The minimum Gasteiger partial charge on any atom is -0.371 e. The molecule has 0 aromatic carbocycles. The van der Waals surface area contributed by atoms with E-state index in [1.165, 1.54) is 12.8 Å². The number of carbonyl (C=O) groups excluding carboxylic acids is 1. The average molecular weight is 277 g/mol. The van der Waals surface area contributed by atoms with Crippen LogP contribution in [0.2, 0.25) is 0 Å². The van der Waals surface area contributed by atoms with Gasteiger partial charge >= 0.3 is 0 Å². The van der Waals surface area contributed by atoms with Gasteiger partial charge in [-0.05, 0) is 37.5 Å². The van der Waals surface area contributed by atoms with Crippen LogP contribution in [0.1, 0.15) is 32.6 Å². The maximum Gasteiger partial charge on any atom is 0.248 e. The van der Waals surface area contributed by atoms with Crippen molar-refractivity contribution in [3.05, 3.63) is 0 Å². The highest BCUT2D eigenvalue weighted by atomic mass is 35.5. The molecule has 1 heterocycles. The SMILES string of the molecule is CC1CCN(C(=O)COCC2CC2)C(CN)C1.Cl. The van der Waals surface area contributed by atoms with Gasteiger partial charge in [0, 0.05) is 19.1 Å². The van der Waals surface area contributed by atoms with Crippen molar-refractivity contribution in [1.29, 1.82) is 0 Å². The minimum atomic E-state index is 0. The molecule has 1 saturated heterocycles. The molecule has 5 heteroatoms. The molecule has 2 N–H and O–H groups in total. The van der Waals surface area contributed by atoms with E-state index in [0.717, 1.165) is 31.9 Å². The second-order valence-corrected chi connectivity index (χ2v) is 5.56. The summed E-state index contributed by atoms with van der Waals surface area (Å²) in [7, 11) is 0. The zero-order valence-electron chi connectivity index (χ0n) is 11.1. The summed E-state index contributed by atoms with van der Waals surface area (Å²) in [6.45, 7) is 4.63. The maximum atomic E-state index is 12.0. The second kappa shape index (κ2) is 7.31. The molecule has 2 aliphatic rings. The van der Waals surface area contributed by atoms with Crippen molar-refractivity contribution in [1.82, 2.24) is 4.90 Å². The first-order valence-electron chi connectivity index (χ1n) is 6.78.